The van der Waals surface area contributed by atoms with Gasteiger partial charge in [-0.05, 0) is 115 Å². The number of nitrogens with one attached hydrogen (secondary N) is 3. The van der Waals surface area contributed by atoms with Crippen LogP contribution in [0.4, 0.5) is 41.9 Å². The molecule has 22 heteroatoms. The minimum Gasteiger partial charge on any atom is -0.493 e. The van der Waals surface area contributed by atoms with Gasteiger partial charge in [-0.2, -0.15) is 4.98 Å². The van der Waals surface area contributed by atoms with E-state index < -0.39 is 17.5 Å². The number of nitrogens with two attached hydrogens (primary N) is 2. The molecule has 7 heterocycles. The van der Waals surface area contributed by atoms with Crippen molar-refractivity contribution in [3.8, 4) is 23.1 Å². The first kappa shape index (κ1) is 60.0. The van der Waals surface area contributed by atoms with Gasteiger partial charge in [-0.3, -0.25) is 0 Å². The molecule has 0 atom stereocenters. The van der Waals surface area contributed by atoms with Gasteiger partial charge in [-0.15, -0.1) is 0 Å². The third-order valence-corrected chi connectivity index (χ3v) is 11.1. The highest BCUT2D eigenvalue weighted by molar-refractivity contribution is 6.33. The summed E-state index contributed by atoms with van der Waals surface area (Å²) in [5, 5.41) is 8.96. The Hall–Kier alpha value is -5.28. The zero-order chi connectivity index (χ0) is 51.8. The van der Waals surface area contributed by atoms with Crippen molar-refractivity contribution >= 4 is 63.5 Å². The lowest BCUT2D eigenvalue weighted by Crippen LogP contribution is -2.22. The predicted molar refractivity (Wildman–Crippen MR) is 280 cm³/mol. The number of nitrogen functional groups attached to an aromatic ring is 1. The summed E-state index contributed by atoms with van der Waals surface area (Å²) < 4.78 is 65.5. The molecule has 8 rings (SSSR count). The molecule has 71 heavy (non-hydrogen) atoms. The lowest BCUT2D eigenvalue weighted by Gasteiger charge is -2.15. The predicted octanol–water partition coefficient (Wildman–Crippen LogP) is 10.2. The fourth-order valence-electron chi connectivity index (χ4n) is 6.84. The van der Waals surface area contributed by atoms with E-state index in [-0.39, 0.29) is 15.3 Å². The minimum absolute atomic E-state index is 0.00463. The Morgan fingerprint density at radius 2 is 1.14 bits per heavy atom. The first-order valence-electron chi connectivity index (χ1n) is 23.3. The van der Waals surface area contributed by atoms with Crippen molar-refractivity contribution < 1.29 is 36.9 Å². The van der Waals surface area contributed by atoms with Crippen LogP contribution in [0.3, 0.4) is 0 Å². The molecule has 0 spiro atoms. The Bertz CT molecular complexity index is 2260. The molecule has 0 aliphatic carbocycles. The van der Waals surface area contributed by atoms with Crippen molar-refractivity contribution in [3.05, 3.63) is 99.9 Å². The number of anilines is 5. The van der Waals surface area contributed by atoms with Crippen molar-refractivity contribution in [2.45, 2.75) is 51.4 Å². The largest absolute Gasteiger partial charge is 0.493 e. The summed E-state index contributed by atoms with van der Waals surface area (Å²) in [6.07, 6.45) is 13.0. The highest BCUT2D eigenvalue weighted by atomic mass is 35.5. The second-order valence-corrected chi connectivity index (χ2v) is 16.7. The van der Waals surface area contributed by atoms with Crippen LogP contribution in [-0.4, -0.2) is 131 Å². The summed E-state index contributed by atoms with van der Waals surface area (Å²) in [4.78, 5) is 20.4. The van der Waals surface area contributed by atoms with Crippen LogP contribution in [0.5, 0.6) is 23.1 Å². The van der Waals surface area contributed by atoms with E-state index in [1.165, 1.54) is 83.9 Å². The van der Waals surface area contributed by atoms with Gasteiger partial charge in [-0.25, -0.2) is 28.1 Å². The van der Waals surface area contributed by atoms with E-state index >= 15 is 0 Å². The molecule has 4 aromatic heterocycles. The molecule has 392 valence electrons. The van der Waals surface area contributed by atoms with Crippen LogP contribution < -0.4 is 46.4 Å². The highest BCUT2D eigenvalue weighted by Gasteiger charge is 2.14. The fraction of sp³-hybridized carbons (Fsp3) is 0.469. The molecule has 3 fully saturated rings. The molecule has 1 aromatic carbocycles. The van der Waals surface area contributed by atoms with E-state index in [4.69, 9.17) is 64.2 Å². The summed E-state index contributed by atoms with van der Waals surface area (Å²) in [6, 6.07) is 13.3. The second kappa shape index (κ2) is 34.9. The number of likely N-dealkylation sites (tertiary alicyclic amines) is 2. The van der Waals surface area contributed by atoms with Crippen molar-refractivity contribution in [1.29, 1.82) is 0 Å². The van der Waals surface area contributed by atoms with Crippen LogP contribution in [0.1, 0.15) is 51.4 Å². The summed E-state index contributed by atoms with van der Waals surface area (Å²) in [5.74, 6) is 2.15. The summed E-state index contributed by atoms with van der Waals surface area (Å²) in [6.45, 7) is 10.3. The lowest BCUT2D eigenvalue weighted by atomic mass is 10.3. The van der Waals surface area contributed by atoms with Gasteiger partial charge in [0.05, 0.1) is 62.4 Å². The zero-order valence-electron chi connectivity index (χ0n) is 41.2. The molecule has 3 aliphatic rings. The van der Waals surface area contributed by atoms with Crippen molar-refractivity contribution in [3.63, 3.8) is 0 Å². The Labute approximate surface area is 431 Å². The molecule has 5 aromatic rings. The molecular formula is C49H69Cl3F3N11O5. The SMILES string of the molecule is C1CCOC1.CN.CNc1cc(Cl)ncc1F.CNc1cc(Nc2ccc(OC)c(OCCCN3CCCC3)n2)ncc1F.COc1ccc(N)cc1OCCCN1CCCC1.Fc1cnc(Cl)cc1Cl. The van der Waals surface area contributed by atoms with Gasteiger partial charge in [0.25, 0.3) is 5.88 Å². The number of hydrogen-bond donors (Lipinski definition) is 5. The van der Waals surface area contributed by atoms with E-state index in [0.717, 1.165) is 69.2 Å². The average Bonchev–Trinajstić information content (AvgIpc) is 4.24. The quantitative estimate of drug-likeness (QED) is 0.0356. The summed E-state index contributed by atoms with van der Waals surface area (Å²) >= 11 is 16.1. The van der Waals surface area contributed by atoms with Crippen LogP contribution in [0.25, 0.3) is 0 Å². The van der Waals surface area contributed by atoms with Crippen LogP contribution >= 0.6 is 34.8 Å². The normalized spacial score (nSPS) is 13.7. The molecule has 0 unspecified atom stereocenters. The number of hydrogen-bond acceptors (Lipinski definition) is 16. The monoisotopic (exact) mass is 1050 g/mol. The van der Waals surface area contributed by atoms with Crippen molar-refractivity contribution in [1.82, 2.24) is 29.7 Å². The number of halogens is 6. The van der Waals surface area contributed by atoms with Gasteiger partial charge in [0.1, 0.15) is 21.9 Å². The van der Waals surface area contributed by atoms with E-state index in [1.807, 2.05) is 18.2 Å². The number of benzene rings is 1. The van der Waals surface area contributed by atoms with Gasteiger partial charge in [0, 0.05) is 64.3 Å². The van der Waals surface area contributed by atoms with Crippen molar-refractivity contribution in [2.75, 3.05) is 123 Å². The number of aromatic nitrogens is 4. The van der Waals surface area contributed by atoms with Gasteiger partial charge < -0.3 is 60.9 Å². The van der Waals surface area contributed by atoms with Gasteiger partial charge in [0.2, 0.25) is 0 Å². The van der Waals surface area contributed by atoms with Crippen molar-refractivity contribution in [2.24, 2.45) is 5.73 Å². The molecule has 7 N–H and O–H groups in total. The highest BCUT2D eigenvalue weighted by Crippen LogP contribution is 2.30. The van der Waals surface area contributed by atoms with E-state index in [1.54, 1.807) is 46.5 Å². The third-order valence-electron chi connectivity index (χ3n) is 10.4. The Kier molecular flexibility index (Phi) is 29.5. The maximum atomic E-state index is 13.5. The van der Waals surface area contributed by atoms with Gasteiger partial charge in [-0.1, -0.05) is 34.8 Å². The molecule has 0 bridgehead atoms. The molecule has 3 saturated heterocycles. The zero-order valence-corrected chi connectivity index (χ0v) is 43.5. The van der Waals surface area contributed by atoms with Gasteiger partial charge >= 0.3 is 0 Å². The van der Waals surface area contributed by atoms with Gasteiger partial charge in [0.15, 0.2) is 34.7 Å². The average molecular weight is 1060 g/mol. The molecule has 3 aliphatic heterocycles. The van der Waals surface area contributed by atoms with Crippen LogP contribution in [-0.2, 0) is 4.74 Å². The van der Waals surface area contributed by atoms with Crippen LogP contribution in [0.15, 0.2) is 67.1 Å². The Morgan fingerprint density at radius 1 is 0.620 bits per heavy atom. The molecule has 16 nitrogen and oxygen atoms in total. The second-order valence-electron chi connectivity index (χ2n) is 15.5. The molecule has 0 amide bonds. The number of rotatable bonds is 16. The summed E-state index contributed by atoms with van der Waals surface area (Å²) in [5.41, 5.74) is 11.7. The third kappa shape index (κ3) is 23.2. The first-order chi connectivity index (χ1) is 34.4. The summed E-state index contributed by atoms with van der Waals surface area (Å²) in [7, 11) is 8.00. The topological polar surface area (TPSA) is 192 Å². The maximum Gasteiger partial charge on any atom is 0.258 e. The first-order valence-corrected chi connectivity index (χ1v) is 24.5. The smallest absolute Gasteiger partial charge is 0.258 e. The number of pyridine rings is 4. The minimum atomic E-state index is -0.555. The molecule has 0 saturated carbocycles. The number of methoxy groups -OCH3 is 2. The number of ether oxygens (including phenoxy) is 5. The fourth-order valence-corrected chi connectivity index (χ4v) is 7.36. The van der Waals surface area contributed by atoms with Crippen LogP contribution in [0.2, 0.25) is 15.3 Å². The maximum absolute atomic E-state index is 13.5. The van der Waals surface area contributed by atoms with Crippen LogP contribution in [0, 0.1) is 17.5 Å². The number of nitrogens with zero attached hydrogens (tertiary/aromatic N) is 6. The molecule has 0 radical (unpaired) electrons. The van der Waals surface area contributed by atoms with E-state index in [9.17, 15) is 13.2 Å². The standard InChI is InChI=1S/C19H26FN5O2.C14H22N2O2.C6H6ClFN2.C5H2Cl2FN.C4H8O.CH5N/c1-21-15-12-18(22-13-14(15)20)23-17-7-6-16(26-2)19(24-17)27-11-5-10-25-8-3-4-9-25;1-17-13-6-5-12(15)11-14(13)18-10-4-9-16-7-2-3-8-16;1-9-5-2-6(7)10-3-4(5)8;6-3-1-5(7)9-2-4(3)8;1-2-4-5-3-1;1-2/h6-7,12-13H,3-5,8-11H2,1-2H3,(H2,21,22,23,24);5-6,11H,2-4,7-10,15H2,1H3;2-3H,1H3,(H,9,10);1-2H;1-4H2;2H2,1H3. The lowest BCUT2D eigenvalue weighted by molar-refractivity contribution is 0.198. The Balaban J connectivity index is 0.000000259. The molecular weight excluding hydrogens is 986 g/mol. The van der Waals surface area contributed by atoms with E-state index in [2.05, 4.69) is 51.4 Å². The van der Waals surface area contributed by atoms with E-state index in [0.29, 0.717) is 53.5 Å². The Morgan fingerprint density at radius 3 is 1.65 bits per heavy atom.